The lowest BCUT2D eigenvalue weighted by atomic mass is 9.97. The lowest BCUT2D eigenvalue weighted by Gasteiger charge is -2.13. The van der Waals surface area contributed by atoms with Crippen molar-refractivity contribution < 1.29 is 9.53 Å². The number of hydrogen-bond donors (Lipinski definition) is 2. The molecule has 1 aliphatic carbocycles. The van der Waals surface area contributed by atoms with Gasteiger partial charge in [0.25, 0.3) is 0 Å². The van der Waals surface area contributed by atoms with Gasteiger partial charge >= 0.3 is 5.97 Å². The summed E-state index contributed by atoms with van der Waals surface area (Å²) in [5, 5.41) is 3.93. The minimum atomic E-state index is -0.439. The van der Waals surface area contributed by atoms with Gasteiger partial charge in [0.1, 0.15) is 10.6 Å². The summed E-state index contributed by atoms with van der Waals surface area (Å²) in [6, 6.07) is 0. The van der Waals surface area contributed by atoms with Gasteiger partial charge in [0.05, 0.1) is 7.11 Å². The quantitative estimate of drug-likeness (QED) is 0.641. The number of carbonyl (C=O) groups is 1. The Labute approximate surface area is 117 Å². The summed E-state index contributed by atoms with van der Waals surface area (Å²) in [5.74, 6) is -0.207. The highest BCUT2D eigenvalue weighted by molar-refractivity contribution is 7.11. The zero-order chi connectivity index (χ0) is 13.7. The van der Waals surface area contributed by atoms with Crippen molar-refractivity contribution >= 4 is 28.3 Å². The van der Waals surface area contributed by atoms with Crippen LogP contribution < -0.4 is 11.1 Å². The highest BCUT2D eigenvalue weighted by Crippen LogP contribution is 2.28. The number of carbonyl (C=O) groups excluding carboxylic acids is 1. The maximum absolute atomic E-state index is 11.6. The Balaban J connectivity index is 1.92. The zero-order valence-electron chi connectivity index (χ0n) is 11.1. The van der Waals surface area contributed by atoms with Crippen LogP contribution in [0.15, 0.2) is 11.6 Å². The van der Waals surface area contributed by atoms with Crippen molar-refractivity contribution in [3.63, 3.8) is 0 Å². The number of rotatable bonds is 5. The van der Waals surface area contributed by atoms with Crippen molar-refractivity contribution in [3.05, 3.63) is 17.2 Å². The van der Waals surface area contributed by atoms with Crippen LogP contribution in [0, 0.1) is 0 Å². The van der Waals surface area contributed by atoms with E-state index in [1.807, 2.05) is 0 Å². The van der Waals surface area contributed by atoms with Gasteiger partial charge in [-0.3, -0.25) is 0 Å². The number of anilines is 2. The lowest BCUT2D eigenvalue weighted by Crippen LogP contribution is -2.09. The molecule has 0 spiro atoms. The average molecular weight is 281 g/mol. The standard InChI is InChI=1S/C13H19N3O2S/c1-18-13(17)10-11(14)16-19-12(10)15-8-7-9-5-3-2-4-6-9/h5,15H,2-4,6-8H2,1H3,(H2,14,16). The Morgan fingerprint density at radius 2 is 2.42 bits per heavy atom. The molecule has 0 aromatic carbocycles. The number of ether oxygens (including phenoxy) is 1. The van der Waals surface area contributed by atoms with Crippen molar-refractivity contribution in [2.24, 2.45) is 0 Å². The molecule has 1 aromatic heterocycles. The van der Waals surface area contributed by atoms with E-state index in [1.165, 1.54) is 49.9 Å². The summed E-state index contributed by atoms with van der Waals surface area (Å²) in [6.45, 7) is 0.789. The molecule has 19 heavy (non-hydrogen) atoms. The average Bonchev–Trinajstić information content (AvgIpc) is 2.80. The Bertz CT molecular complexity index is 482. The molecule has 104 valence electrons. The number of hydrogen-bond acceptors (Lipinski definition) is 6. The molecule has 0 saturated heterocycles. The second-order valence-electron chi connectivity index (χ2n) is 4.55. The van der Waals surface area contributed by atoms with Gasteiger partial charge in [-0.2, -0.15) is 4.37 Å². The molecule has 0 amide bonds. The summed E-state index contributed by atoms with van der Waals surface area (Å²) in [7, 11) is 1.34. The van der Waals surface area contributed by atoms with Crippen molar-refractivity contribution in [2.45, 2.75) is 32.1 Å². The first kappa shape index (κ1) is 13.9. The van der Waals surface area contributed by atoms with E-state index in [9.17, 15) is 4.79 Å². The van der Waals surface area contributed by atoms with E-state index in [1.54, 1.807) is 0 Å². The van der Waals surface area contributed by atoms with Gasteiger partial charge in [0.15, 0.2) is 5.82 Å². The molecule has 0 aliphatic heterocycles. The predicted octanol–water partition coefficient (Wildman–Crippen LogP) is 2.81. The van der Waals surface area contributed by atoms with Crippen LogP contribution in [0.2, 0.25) is 0 Å². The van der Waals surface area contributed by atoms with Crippen LogP contribution >= 0.6 is 11.5 Å². The van der Waals surface area contributed by atoms with E-state index >= 15 is 0 Å². The molecule has 1 aromatic rings. The number of nitrogens with one attached hydrogen (secondary N) is 1. The first-order valence-electron chi connectivity index (χ1n) is 6.47. The Morgan fingerprint density at radius 3 is 3.11 bits per heavy atom. The number of nitrogens with two attached hydrogens (primary N) is 1. The number of allylic oxidation sites excluding steroid dienone is 1. The molecule has 0 unspecified atom stereocenters. The van der Waals surface area contributed by atoms with E-state index in [0.29, 0.717) is 10.6 Å². The molecule has 0 atom stereocenters. The van der Waals surface area contributed by atoms with Crippen LogP contribution in [0.1, 0.15) is 42.5 Å². The monoisotopic (exact) mass is 281 g/mol. The van der Waals surface area contributed by atoms with Gasteiger partial charge in [-0.15, -0.1) is 0 Å². The minimum Gasteiger partial charge on any atom is -0.465 e. The van der Waals surface area contributed by atoms with Crippen LogP contribution in [0.5, 0.6) is 0 Å². The maximum atomic E-state index is 11.6. The summed E-state index contributed by atoms with van der Waals surface area (Å²) in [4.78, 5) is 11.6. The van der Waals surface area contributed by atoms with Crippen molar-refractivity contribution in [3.8, 4) is 0 Å². The van der Waals surface area contributed by atoms with Gasteiger partial charge in [0.2, 0.25) is 0 Å². The largest absolute Gasteiger partial charge is 0.465 e. The third kappa shape index (κ3) is 3.47. The van der Waals surface area contributed by atoms with Crippen LogP contribution in [0.3, 0.4) is 0 Å². The Kier molecular flexibility index (Phi) is 4.79. The molecule has 2 rings (SSSR count). The fourth-order valence-corrected chi connectivity index (χ4v) is 2.92. The summed E-state index contributed by atoms with van der Waals surface area (Å²) < 4.78 is 8.70. The smallest absolute Gasteiger partial charge is 0.344 e. The number of nitrogen functional groups attached to an aromatic ring is 1. The molecule has 3 N–H and O–H groups in total. The fraction of sp³-hybridized carbons (Fsp3) is 0.538. The molecular weight excluding hydrogens is 262 g/mol. The molecule has 1 aliphatic rings. The topological polar surface area (TPSA) is 77.2 Å². The van der Waals surface area contributed by atoms with Gasteiger partial charge in [0, 0.05) is 6.54 Å². The number of aromatic nitrogens is 1. The number of methoxy groups -OCH3 is 1. The SMILES string of the molecule is COC(=O)c1c(N)nsc1NCCC1=CCCCC1. The van der Waals surface area contributed by atoms with E-state index in [-0.39, 0.29) is 5.82 Å². The zero-order valence-corrected chi connectivity index (χ0v) is 11.9. The van der Waals surface area contributed by atoms with E-state index in [2.05, 4.69) is 15.8 Å². The third-order valence-corrected chi connectivity index (χ3v) is 4.04. The van der Waals surface area contributed by atoms with Crippen molar-refractivity contribution in [2.75, 3.05) is 24.7 Å². The van der Waals surface area contributed by atoms with E-state index in [0.717, 1.165) is 13.0 Å². The Morgan fingerprint density at radius 1 is 1.58 bits per heavy atom. The first-order valence-corrected chi connectivity index (χ1v) is 7.25. The maximum Gasteiger partial charge on any atom is 0.344 e. The van der Waals surface area contributed by atoms with E-state index < -0.39 is 5.97 Å². The van der Waals surface area contributed by atoms with Crippen molar-refractivity contribution in [1.29, 1.82) is 0 Å². The van der Waals surface area contributed by atoms with Gasteiger partial charge < -0.3 is 15.8 Å². The molecule has 0 bridgehead atoms. The van der Waals surface area contributed by atoms with Crippen LogP contribution in [0.25, 0.3) is 0 Å². The summed E-state index contributed by atoms with van der Waals surface area (Å²) in [6.07, 6.45) is 8.29. The highest BCUT2D eigenvalue weighted by atomic mass is 32.1. The van der Waals surface area contributed by atoms with E-state index in [4.69, 9.17) is 10.5 Å². The number of nitrogens with zero attached hydrogens (tertiary/aromatic N) is 1. The first-order chi connectivity index (χ1) is 9.22. The summed E-state index contributed by atoms with van der Waals surface area (Å²) >= 11 is 1.20. The lowest BCUT2D eigenvalue weighted by molar-refractivity contribution is 0.0603. The van der Waals surface area contributed by atoms with Crippen LogP contribution in [0.4, 0.5) is 10.8 Å². The second-order valence-corrected chi connectivity index (χ2v) is 5.32. The minimum absolute atomic E-state index is 0.233. The molecule has 0 saturated carbocycles. The van der Waals surface area contributed by atoms with Crippen LogP contribution in [-0.2, 0) is 4.74 Å². The molecule has 0 radical (unpaired) electrons. The molecular formula is C13H19N3O2S. The highest BCUT2D eigenvalue weighted by Gasteiger charge is 2.19. The molecule has 5 nitrogen and oxygen atoms in total. The molecule has 0 fully saturated rings. The predicted molar refractivity (Wildman–Crippen MR) is 77.5 cm³/mol. The second kappa shape index (κ2) is 6.56. The van der Waals surface area contributed by atoms with Crippen molar-refractivity contribution in [1.82, 2.24) is 4.37 Å². The normalized spacial score (nSPS) is 14.9. The van der Waals surface area contributed by atoms with Gasteiger partial charge in [-0.25, -0.2) is 4.79 Å². The van der Waals surface area contributed by atoms with Crippen LogP contribution in [-0.4, -0.2) is 24.0 Å². The Hall–Kier alpha value is -1.56. The fourth-order valence-electron chi connectivity index (χ4n) is 2.19. The summed E-state index contributed by atoms with van der Waals surface area (Å²) in [5.41, 5.74) is 7.53. The molecule has 6 heteroatoms. The van der Waals surface area contributed by atoms with Gasteiger partial charge in [-0.1, -0.05) is 11.6 Å². The third-order valence-electron chi connectivity index (χ3n) is 3.22. The molecule has 1 heterocycles. The van der Waals surface area contributed by atoms with Gasteiger partial charge in [-0.05, 0) is 43.6 Å². The number of esters is 1.